The third-order valence-electron chi connectivity index (χ3n) is 6.39. The Morgan fingerprint density at radius 3 is 2.74 bits per heavy atom. The van der Waals surface area contributed by atoms with Gasteiger partial charge < -0.3 is 14.8 Å². The van der Waals surface area contributed by atoms with Gasteiger partial charge in [-0.3, -0.25) is 0 Å². The summed E-state index contributed by atoms with van der Waals surface area (Å²) in [5.41, 5.74) is 1.45. The van der Waals surface area contributed by atoms with Gasteiger partial charge in [0.15, 0.2) is 0 Å². The first kappa shape index (κ1) is 19.1. The molecule has 0 amide bonds. The van der Waals surface area contributed by atoms with Crippen molar-refractivity contribution in [3.05, 3.63) is 16.8 Å². The van der Waals surface area contributed by atoms with Crippen LogP contribution in [-0.2, 0) is 11.2 Å². The van der Waals surface area contributed by atoms with E-state index in [1.807, 2.05) is 18.4 Å². The van der Waals surface area contributed by atoms with Gasteiger partial charge in [0.05, 0.1) is 11.5 Å². The molecule has 6 heteroatoms. The molecule has 2 aliphatic carbocycles. The summed E-state index contributed by atoms with van der Waals surface area (Å²) in [6.07, 6.45) is 11.3. The lowest BCUT2D eigenvalue weighted by Crippen LogP contribution is -2.34. The fraction of sp³-hybridized carbons (Fsp3) is 0.714. The fourth-order valence-electron chi connectivity index (χ4n) is 4.74. The van der Waals surface area contributed by atoms with Crippen LogP contribution in [0.5, 0.6) is 5.88 Å². The van der Waals surface area contributed by atoms with E-state index in [4.69, 9.17) is 9.47 Å². The number of nitrogens with zero attached hydrogens (tertiary/aromatic N) is 2. The monoisotopic (exact) mass is 389 g/mol. The largest absolute Gasteiger partial charge is 0.474 e. The molecule has 1 saturated carbocycles. The summed E-state index contributed by atoms with van der Waals surface area (Å²) in [6.45, 7) is 2.20. The summed E-state index contributed by atoms with van der Waals surface area (Å²) in [6, 6.07) is 0.630. The second-order valence-corrected chi connectivity index (χ2v) is 9.00. The number of aromatic nitrogens is 2. The second-order valence-electron chi connectivity index (χ2n) is 7.92. The molecule has 0 aliphatic heterocycles. The lowest BCUT2D eigenvalue weighted by Gasteiger charge is -2.28. The minimum absolute atomic E-state index is 0.269. The zero-order valence-corrected chi connectivity index (χ0v) is 17.5. The summed E-state index contributed by atoms with van der Waals surface area (Å²) >= 11 is 1.83. The number of aryl methyl sites for hydroxylation is 1. The Kier molecular flexibility index (Phi) is 5.95. The first-order valence-corrected chi connectivity index (χ1v) is 11.2. The van der Waals surface area contributed by atoms with Crippen molar-refractivity contribution in [3.8, 4) is 5.88 Å². The maximum atomic E-state index is 6.45. The predicted octanol–water partition coefficient (Wildman–Crippen LogP) is 4.45. The highest BCUT2D eigenvalue weighted by molar-refractivity contribution is 7.19. The van der Waals surface area contributed by atoms with Crippen molar-refractivity contribution < 1.29 is 9.47 Å². The van der Waals surface area contributed by atoms with Gasteiger partial charge in [-0.05, 0) is 69.9 Å². The molecular weight excluding hydrogens is 358 g/mol. The molecule has 148 valence electrons. The van der Waals surface area contributed by atoms with Crippen LogP contribution >= 0.6 is 11.3 Å². The van der Waals surface area contributed by atoms with Gasteiger partial charge in [-0.1, -0.05) is 6.92 Å². The molecule has 0 bridgehead atoms. The van der Waals surface area contributed by atoms with Crippen LogP contribution in [0.4, 0.5) is 0 Å². The topological polar surface area (TPSA) is 56.3 Å². The highest BCUT2D eigenvalue weighted by Crippen LogP contribution is 2.48. The summed E-state index contributed by atoms with van der Waals surface area (Å²) < 4.78 is 12.1. The number of rotatable bonds is 7. The van der Waals surface area contributed by atoms with E-state index in [2.05, 4.69) is 29.3 Å². The molecule has 2 aromatic heterocycles. The average molecular weight is 390 g/mol. The summed E-state index contributed by atoms with van der Waals surface area (Å²) in [7, 11) is 3.88. The third kappa shape index (κ3) is 3.84. The van der Waals surface area contributed by atoms with E-state index in [1.54, 1.807) is 6.33 Å². The number of methoxy groups -OCH3 is 1. The number of hydrogen-bond acceptors (Lipinski definition) is 6. The van der Waals surface area contributed by atoms with Crippen LogP contribution in [0.1, 0.15) is 68.2 Å². The highest BCUT2D eigenvalue weighted by atomic mass is 32.1. The number of hydrogen-bond donors (Lipinski definition) is 1. The van der Waals surface area contributed by atoms with Gasteiger partial charge in [-0.25, -0.2) is 9.97 Å². The minimum Gasteiger partial charge on any atom is -0.474 e. The molecule has 2 atom stereocenters. The van der Waals surface area contributed by atoms with E-state index in [-0.39, 0.29) is 6.10 Å². The van der Waals surface area contributed by atoms with Crippen molar-refractivity contribution in [2.24, 2.45) is 0 Å². The van der Waals surface area contributed by atoms with Crippen molar-refractivity contribution in [3.63, 3.8) is 0 Å². The van der Waals surface area contributed by atoms with E-state index < -0.39 is 0 Å². The van der Waals surface area contributed by atoms with Crippen LogP contribution in [0.15, 0.2) is 6.33 Å². The van der Waals surface area contributed by atoms with Crippen molar-refractivity contribution >= 4 is 21.6 Å². The standard InChI is InChI=1S/C21H31N3O2S/c1-4-15(25-3)11-13-5-10-17-18(13)19-20(23-12-24-21(19)27-17)26-16-8-6-14(22-2)7-9-16/h12-16,22H,4-11H2,1-3H3/t13-,14-,15+,16-/m1/s1. The van der Waals surface area contributed by atoms with Crippen molar-refractivity contribution in [2.45, 2.75) is 82.5 Å². The molecule has 1 fully saturated rings. The minimum atomic E-state index is 0.269. The normalized spacial score (nSPS) is 26.3. The van der Waals surface area contributed by atoms with Crippen LogP contribution in [0.25, 0.3) is 10.2 Å². The Morgan fingerprint density at radius 2 is 2.04 bits per heavy atom. The molecule has 2 aromatic rings. The van der Waals surface area contributed by atoms with Crippen LogP contribution in [0, 0.1) is 0 Å². The van der Waals surface area contributed by atoms with Crippen LogP contribution in [0.2, 0.25) is 0 Å². The Balaban J connectivity index is 1.59. The summed E-state index contributed by atoms with van der Waals surface area (Å²) in [5, 5.41) is 4.57. The molecule has 0 aromatic carbocycles. The quantitative estimate of drug-likeness (QED) is 0.758. The fourth-order valence-corrected chi connectivity index (χ4v) is 5.97. The molecule has 0 radical (unpaired) electrons. The molecule has 2 heterocycles. The van der Waals surface area contributed by atoms with Crippen molar-refractivity contribution in [1.29, 1.82) is 0 Å². The number of nitrogens with one attached hydrogen (secondary N) is 1. The first-order valence-electron chi connectivity index (χ1n) is 10.4. The predicted molar refractivity (Wildman–Crippen MR) is 110 cm³/mol. The molecule has 0 spiro atoms. The number of ether oxygens (including phenoxy) is 2. The lowest BCUT2D eigenvalue weighted by atomic mass is 9.92. The van der Waals surface area contributed by atoms with Gasteiger partial charge in [0.1, 0.15) is 17.3 Å². The van der Waals surface area contributed by atoms with Gasteiger partial charge in [0.25, 0.3) is 0 Å². The zero-order valence-electron chi connectivity index (χ0n) is 16.7. The Hall–Kier alpha value is -1.24. The summed E-state index contributed by atoms with van der Waals surface area (Å²) in [5.74, 6) is 1.34. The lowest BCUT2D eigenvalue weighted by molar-refractivity contribution is 0.0857. The van der Waals surface area contributed by atoms with Gasteiger partial charge >= 0.3 is 0 Å². The molecule has 5 nitrogen and oxygen atoms in total. The molecular formula is C21H31N3O2S. The van der Waals surface area contributed by atoms with Crippen LogP contribution in [-0.4, -0.2) is 42.4 Å². The molecule has 0 unspecified atom stereocenters. The maximum absolute atomic E-state index is 6.45. The maximum Gasteiger partial charge on any atom is 0.225 e. The molecule has 27 heavy (non-hydrogen) atoms. The van der Waals surface area contributed by atoms with E-state index in [9.17, 15) is 0 Å². The van der Waals surface area contributed by atoms with Gasteiger partial charge in [0, 0.05) is 18.0 Å². The van der Waals surface area contributed by atoms with Gasteiger partial charge in [-0.2, -0.15) is 0 Å². The molecule has 1 N–H and O–H groups in total. The van der Waals surface area contributed by atoms with Crippen LogP contribution in [0.3, 0.4) is 0 Å². The van der Waals surface area contributed by atoms with E-state index >= 15 is 0 Å². The molecule has 4 rings (SSSR count). The zero-order chi connectivity index (χ0) is 18.8. The Bertz CT molecular complexity index is 766. The third-order valence-corrected chi connectivity index (χ3v) is 7.57. The second kappa shape index (κ2) is 8.41. The molecule has 2 aliphatic rings. The Labute approximate surface area is 165 Å². The van der Waals surface area contributed by atoms with Crippen molar-refractivity contribution in [1.82, 2.24) is 15.3 Å². The van der Waals surface area contributed by atoms with E-state index in [0.717, 1.165) is 42.8 Å². The van der Waals surface area contributed by atoms with Gasteiger partial charge in [-0.15, -0.1) is 11.3 Å². The van der Waals surface area contributed by atoms with Gasteiger partial charge in [0.2, 0.25) is 5.88 Å². The first-order chi connectivity index (χ1) is 13.2. The van der Waals surface area contributed by atoms with Crippen molar-refractivity contribution in [2.75, 3.05) is 14.2 Å². The number of thiophene rings is 1. The number of fused-ring (bicyclic) bond motifs is 3. The Morgan fingerprint density at radius 1 is 1.22 bits per heavy atom. The SMILES string of the molecule is CC[C@@H](C[C@H]1CCc2sc3ncnc(O[C@H]4CC[C@H](NC)CC4)c3c21)OC. The average Bonchev–Trinajstić information content (AvgIpc) is 3.26. The van der Waals surface area contributed by atoms with Crippen LogP contribution < -0.4 is 10.1 Å². The highest BCUT2D eigenvalue weighted by Gasteiger charge is 2.32. The smallest absolute Gasteiger partial charge is 0.225 e. The molecule has 0 saturated heterocycles. The summed E-state index contributed by atoms with van der Waals surface area (Å²) in [4.78, 5) is 11.7. The van der Waals surface area contributed by atoms with E-state index in [1.165, 1.54) is 35.1 Å². The van der Waals surface area contributed by atoms with E-state index in [0.29, 0.717) is 18.1 Å².